The molecule has 3 heterocycles. The molecule has 2 saturated heterocycles. The zero-order valence-electron chi connectivity index (χ0n) is 13.0. The Morgan fingerprint density at radius 2 is 2.05 bits per heavy atom. The molecule has 21 heavy (non-hydrogen) atoms. The van der Waals surface area contributed by atoms with Crippen molar-refractivity contribution in [2.75, 3.05) is 19.6 Å². The number of aromatic nitrogens is 1. The summed E-state index contributed by atoms with van der Waals surface area (Å²) in [5, 5.41) is 1.06. The molecule has 0 N–H and O–H groups in total. The van der Waals surface area contributed by atoms with Crippen LogP contribution in [0.15, 0.2) is 6.20 Å². The zero-order chi connectivity index (χ0) is 14.8. The van der Waals surface area contributed by atoms with Gasteiger partial charge in [-0.15, -0.1) is 11.3 Å². The van der Waals surface area contributed by atoms with Crippen LogP contribution in [0, 0.1) is 0 Å². The third kappa shape index (κ3) is 2.86. The Balaban J connectivity index is 1.75. The lowest BCUT2D eigenvalue weighted by Crippen LogP contribution is -2.48. The monoisotopic (exact) mass is 307 g/mol. The van der Waals surface area contributed by atoms with Crippen LogP contribution in [0.25, 0.3) is 0 Å². The fourth-order valence-electron chi connectivity index (χ4n) is 3.84. The molecule has 4 nitrogen and oxygen atoms in total. The van der Waals surface area contributed by atoms with Crippen LogP contribution in [0.1, 0.15) is 54.2 Å². The highest BCUT2D eigenvalue weighted by atomic mass is 32.1. The van der Waals surface area contributed by atoms with Gasteiger partial charge in [0.1, 0.15) is 4.88 Å². The van der Waals surface area contributed by atoms with Crippen molar-refractivity contribution in [2.24, 2.45) is 0 Å². The van der Waals surface area contributed by atoms with E-state index >= 15 is 0 Å². The molecule has 5 heteroatoms. The van der Waals surface area contributed by atoms with Crippen LogP contribution >= 0.6 is 11.3 Å². The largest absolute Gasteiger partial charge is 0.333 e. The van der Waals surface area contributed by atoms with Crippen molar-refractivity contribution in [1.82, 2.24) is 14.8 Å². The van der Waals surface area contributed by atoms with Crippen molar-refractivity contribution in [3.8, 4) is 0 Å². The van der Waals surface area contributed by atoms with Crippen LogP contribution in [0.3, 0.4) is 0 Å². The first-order valence-electron chi connectivity index (χ1n) is 8.24. The normalized spacial score (nSPS) is 26.7. The van der Waals surface area contributed by atoms with E-state index < -0.39 is 0 Å². The molecule has 0 spiro atoms. The number of aryl methyl sites for hydroxylation is 1. The molecule has 0 saturated carbocycles. The average Bonchev–Trinajstić information content (AvgIpc) is 3.23. The van der Waals surface area contributed by atoms with Crippen LogP contribution in [0.2, 0.25) is 0 Å². The Morgan fingerprint density at radius 3 is 2.76 bits per heavy atom. The van der Waals surface area contributed by atoms with Gasteiger partial charge in [0.2, 0.25) is 0 Å². The maximum absolute atomic E-state index is 12.8. The SMILES string of the molecule is CCc1ncc(C(=O)N2CCC[C@@H]2[C@H]2CCCN2CC)s1. The Morgan fingerprint density at radius 1 is 1.29 bits per heavy atom. The van der Waals surface area contributed by atoms with Crippen molar-refractivity contribution < 1.29 is 4.79 Å². The number of likely N-dealkylation sites (tertiary alicyclic amines) is 2. The van der Waals surface area contributed by atoms with Crippen LogP contribution in [-0.2, 0) is 6.42 Å². The molecule has 0 radical (unpaired) electrons. The van der Waals surface area contributed by atoms with Gasteiger partial charge >= 0.3 is 0 Å². The third-order valence-electron chi connectivity index (χ3n) is 4.89. The number of amides is 1. The molecule has 0 aromatic carbocycles. The van der Waals surface area contributed by atoms with Gasteiger partial charge in [0.15, 0.2) is 0 Å². The maximum Gasteiger partial charge on any atom is 0.265 e. The van der Waals surface area contributed by atoms with Crippen molar-refractivity contribution in [3.63, 3.8) is 0 Å². The standard InChI is InChI=1S/C16H25N3OS/c1-3-15-17-11-14(21-15)16(20)19-10-6-8-13(19)12-7-5-9-18(12)4-2/h11-13H,3-10H2,1-2H3/t12-,13-/m1/s1. The second-order valence-corrected chi connectivity index (χ2v) is 7.13. The summed E-state index contributed by atoms with van der Waals surface area (Å²) in [7, 11) is 0. The number of hydrogen-bond donors (Lipinski definition) is 0. The first kappa shape index (κ1) is 15.0. The molecule has 0 bridgehead atoms. The van der Waals surface area contributed by atoms with E-state index in [1.807, 2.05) is 0 Å². The molecule has 1 aromatic heterocycles. The average molecular weight is 307 g/mol. The summed E-state index contributed by atoms with van der Waals surface area (Å²) in [5.41, 5.74) is 0. The van der Waals surface area contributed by atoms with Crippen molar-refractivity contribution in [1.29, 1.82) is 0 Å². The highest BCUT2D eigenvalue weighted by Gasteiger charge is 2.39. The van der Waals surface area contributed by atoms with Crippen molar-refractivity contribution in [3.05, 3.63) is 16.1 Å². The Hall–Kier alpha value is -0.940. The summed E-state index contributed by atoms with van der Waals surface area (Å²) in [6, 6.07) is 0.979. The number of rotatable bonds is 4. The Kier molecular flexibility index (Phi) is 4.60. The molecule has 3 rings (SSSR count). The molecule has 2 aliphatic rings. The topological polar surface area (TPSA) is 36.4 Å². The predicted octanol–water partition coefficient (Wildman–Crippen LogP) is 2.79. The van der Waals surface area contributed by atoms with E-state index in [1.165, 1.54) is 19.4 Å². The van der Waals surface area contributed by atoms with Crippen LogP contribution in [-0.4, -0.2) is 52.4 Å². The summed E-state index contributed by atoms with van der Waals surface area (Å²) in [4.78, 5) is 22.7. The van der Waals surface area contributed by atoms with E-state index in [-0.39, 0.29) is 5.91 Å². The first-order chi connectivity index (χ1) is 10.2. The molecule has 2 atom stereocenters. The quantitative estimate of drug-likeness (QED) is 0.858. The van der Waals surface area contributed by atoms with E-state index in [4.69, 9.17) is 0 Å². The van der Waals surface area contributed by atoms with Gasteiger partial charge < -0.3 is 4.90 Å². The van der Waals surface area contributed by atoms with Gasteiger partial charge in [-0.25, -0.2) is 4.98 Å². The summed E-state index contributed by atoms with van der Waals surface area (Å²) < 4.78 is 0. The smallest absolute Gasteiger partial charge is 0.265 e. The third-order valence-corrected chi connectivity index (χ3v) is 6.02. The molecule has 116 valence electrons. The number of carbonyl (C=O) groups excluding carboxylic acids is 1. The van der Waals surface area contributed by atoms with Crippen LogP contribution in [0.4, 0.5) is 0 Å². The highest BCUT2D eigenvalue weighted by Crippen LogP contribution is 2.31. The minimum atomic E-state index is 0.206. The van der Waals surface area contributed by atoms with Crippen LogP contribution < -0.4 is 0 Å². The summed E-state index contributed by atoms with van der Waals surface area (Å²) >= 11 is 1.56. The number of thiazole rings is 1. The van der Waals surface area contributed by atoms with Crippen LogP contribution in [0.5, 0.6) is 0 Å². The summed E-state index contributed by atoms with van der Waals surface area (Å²) in [5.74, 6) is 0.206. The summed E-state index contributed by atoms with van der Waals surface area (Å²) in [6.45, 7) is 7.53. The first-order valence-corrected chi connectivity index (χ1v) is 9.06. The fraction of sp³-hybridized carbons (Fsp3) is 0.750. The lowest BCUT2D eigenvalue weighted by Gasteiger charge is -2.34. The van der Waals surface area contributed by atoms with E-state index in [0.717, 1.165) is 42.2 Å². The van der Waals surface area contributed by atoms with Crippen molar-refractivity contribution >= 4 is 17.2 Å². The minimum Gasteiger partial charge on any atom is -0.333 e. The van der Waals surface area contributed by atoms with Crippen molar-refractivity contribution in [2.45, 2.75) is 58.0 Å². The van der Waals surface area contributed by atoms with E-state index in [0.29, 0.717) is 12.1 Å². The van der Waals surface area contributed by atoms with E-state index in [2.05, 4.69) is 28.6 Å². The van der Waals surface area contributed by atoms with E-state index in [1.54, 1.807) is 17.5 Å². The lowest BCUT2D eigenvalue weighted by molar-refractivity contribution is 0.0654. The second-order valence-electron chi connectivity index (χ2n) is 6.02. The molecule has 1 aromatic rings. The molecule has 0 unspecified atom stereocenters. The second kappa shape index (κ2) is 6.44. The molecule has 1 amide bonds. The number of nitrogens with zero attached hydrogens (tertiary/aromatic N) is 3. The summed E-state index contributed by atoms with van der Waals surface area (Å²) in [6.07, 6.45) is 7.50. The van der Waals surface area contributed by atoms with Gasteiger partial charge in [0.25, 0.3) is 5.91 Å². The maximum atomic E-state index is 12.8. The molecule has 2 fully saturated rings. The Labute approximate surface area is 131 Å². The lowest BCUT2D eigenvalue weighted by atomic mass is 10.0. The van der Waals surface area contributed by atoms with Gasteiger partial charge in [-0.3, -0.25) is 9.69 Å². The highest BCUT2D eigenvalue weighted by molar-refractivity contribution is 7.13. The van der Waals surface area contributed by atoms with Gasteiger partial charge in [-0.2, -0.15) is 0 Å². The molecular weight excluding hydrogens is 282 g/mol. The minimum absolute atomic E-state index is 0.206. The van der Waals surface area contributed by atoms with Gasteiger partial charge in [-0.1, -0.05) is 13.8 Å². The van der Waals surface area contributed by atoms with Gasteiger partial charge in [0.05, 0.1) is 11.2 Å². The number of hydrogen-bond acceptors (Lipinski definition) is 4. The predicted molar refractivity (Wildman–Crippen MR) is 85.8 cm³/mol. The number of carbonyl (C=O) groups is 1. The number of likely N-dealkylation sites (N-methyl/N-ethyl adjacent to an activating group) is 1. The zero-order valence-corrected chi connectivity index (χ0v) is 13.9. The van der Waals surface area contributed by atoms with Gasteiger partial charge in [0, 0.05) is 18.6 Å². The molecule has 0 aliphatic carbocycles. The Bertz CT molecular complexity index is 501. The fourth-order valence-corrected chi connectivity index (χ4v) is 4.65. The van der Waals surface area contributed by atoms with E-state index in [9.17, 15) is 4.79 Å². The molecular formula is C16H25N3OS. The molecule has 2 aliphatic heterocycles. The van der Waals surface area contributed by atoms with Gasteiger partial charge in [-0.05, 0) is 45.2 Å².